The molecular formula is C13H18N2O. The maximum atomic E-state index is 10.6. The summed E-state index contributed by atoms with van der Waals surface area (Å²) in [5.41, 5.74) is 0. The number of carbonyl (C=O) groups excluding carboxylic acids is 1. The predicted molar refractivity (Wildman–Crippen MR) is 63.3 cm³/mol. The summed E-state index contributed by atoms with van der Waals surface area (Å²) in [6, 6.07) is 0. The molecule has 1 aliphatic rings. The van der Waals surface area contributed by atoms with E-state index >= 15 is 0 Å². The lowest BCUT2D eigenvalue weighted by molar-refractivity contribution is 0.111. The molecule has 3 heteroatoms. The fraction of sp³-hybridized carbons (Fsp3) is 0.538. The molecule has 0 aromatic carbocycles. The van der Waals surface area contributed by atoms with E-state index in [1.165, 1.54) is 32.1 Å². The number of rotatable bonds is 4. The van der Waals surface area contributed by atoms with Gasteiger partial charge in [0, 0.05) is 18.9 Å². The molecule has 0 saturated heterocycles. The van der Waals surface area contributed by atoms with Crippen LogP contribution in [0.25, 0.3) is 0 Å². The lowest BCUT2D eigenvalue weighted by Gasteiger charge is -2.17. The van der Waals surface area contributed by atoms with Gasteiger partial charge in [-0.25, -0.2) is 4.98 Å². The van der Waals surface area contributed by atoms with E-state index in [1.807, 2.05) is 10.8 Å². The van der Waals surface area contributed by atoms with E-state index in [0.29, 0.717) is 5.82 Å². The lowest BCUT2D eigenvalue weighted by atomic mass is 9.89. The van der Waals surface area contributed by atoms with Crippen molar-refractivity contribution in [3.63, 3.8) is 0 Å². The SMILES string of the molecule is O=Cc1nccn1C/C=C/C1CCCCC1. The van der Waals surface area contributed by atoms with Crippen LogP contribution in [0, 0.1) is 5.92 Å². The third-order valence-electron chi connectivity index (χ3n) is 3.21. The lowest BCUT2D eigenvalue weighted by Crippen LogP contribution is -2.04. The molecule has 1 fully saturated rings. The van der Waals surface area contributed by atoms with Gasteiger partial charge in [-0.3, -0.25) is 4.79 Å². The van der Waals surface area contributed by atoms with Gasteiger partial charge in [0.2, 0.25) is 0 Å². The molecule has 0 radical (unpaired) electrons. The van der Waals surface area contributed by atoms with E-state index in [9.17, 15) is 4.79 Å². The van der Waals surface area contributed by atoms with Gasteiger partial charge >= 0.3 is 0 Å². The average molecular weight is 218 g/mol. The van der Waals surface area contributed by atoms with Crippen LogP contribution in [0.1, 0.15) is 42.7 Å². The Morgan fingerprint density at radius 3 is 2.94 bits per heavy atom. The Morgan fingerprint density at radius 2 is 2.19 bits per heavy atom. The second-order valence-electron chi connectivity index (χ2n) is 4.38. The van der Waals surface area contributed by atoms with Gasteiger partial charge < -0.3 is 4.57 Å². The molecule has 3 nitrogen and oxygen atoms in total. The van der Waals surface area contributed by atoms with Crippen molar-refractivity contribution in [2.75, 3.05) is 0 Å². The zero-order valence-electron chi connectivity index (χ0n) is 9.51. The minimum Gasteiger partial charge on any atom is -0.325 e. The van der Waals surface area contributed by atoms with E-state index < -0.39 is 0 Å². The largest absolute Gasteiger partial charge is 0.325 e. The van der Waals surface area contributed by atoms with Gasteiger partial charge in [-0.15, -0.1) is 0 Å². The predicted octanol–water partition coefficient (Wildman–Crippen LogP) is 2.83. The van der Waals surface area contributed by atoms with E-state index in [1.54, 1.807) is 6.20 Å². The van der Waals surface area contributed by atoms with Gasteiger partial charge in [-0.05, 0) is 18.8 Å². The van der Waals surface area contributed by atoms with Crippen molar-refractivity contribution in [3.05, 3.63) is 30.4 Å². The van der Waals surface area contributed by atoms with Gasteiger partial charge in [0.15, 0.2) is 12.1 Å². The number of imidazole rings is 1. The monoisotopic (exact) mass is 218 g/mol. The van der Waals surface area contributed by atoms with Crippen molar-refractivity contribution in [2.24, 2.45) is 5.92 Å². The van der Waals surface area contributed by atoms with Crippen molar-refractivity contribution in [1.29, 1.82) is 0 Å². The maximum Gasteiger partial charge on any atom is 0.185 e. The summed E-state index contributed by atoms with van der Waals surface area (Å²) in [5, 5.41) is 0. The topological polar surface area (TPSA) is 34.9 Å². The van der Waals surface area contributed by atoms with Crippen LogP contribution in [0.5, 0.6) is 0 Å². The quantitative estimate of drug-likeness (QED) is 0.575. The van der Waals surface area contributed by atoms with Crippen molar-refractivity contribution in [1.82, 2.24) is 9.55 Å². The number of hydrogen-bond acceptors (Lipinski definition) is 2. The summed E-state index contributed by atoms with van der Waals surface area (Å²) in [4.78, 5) is 14.6. The molecule has 1 aromatic heterocycles. The molecule has 0 spiro atoms. The highest BCUT2D eigenvalue weighted by molar-refractivity contribution is 5.69. The van der Waals surface area contributed by atoms with Crippen LogP contribution in [0.3, 0.4) is 0 Å². The molecule has 86 valence electrons. The van der Waals surface area contributed by atoms with Crippen molar-refractivity contribution < 1.29 is 4.79 Å². The molecule has 1 aliphatic carbocycles. The summed E-state index contributed by atoms with van der Waals surface area (Å²) in [7, 11) is 0. The molecule has 0 bridgehead atoms. The van der Waals surface area contributed by atoms with Crippen LogP contribution in [-0.4, -0.2) is 15.8 Å². The molecule has 0 amide bonds. The summed E-state index contributed by atoms with van der Waals surface area (Å²) in [5.74, 6) is 1.25. The zero-order valence-corrected chi connectivity index (χ0v) is 9.51. The number of allylic oxidation sites excluding steroid dienone is 2. The molecule has 1 heterocycles. The molecule has 1 saturated carbocycles. The van der Waals surface area contributed by atoms with Gasteiger partial charge in [0.25, 0.3) is 0 Å². The maximum absolute atomic E-state index is 10.6. The standard InChI is InChI=1S/C13H18N2O/c16-11-13-14-8-10-15(13)9-4-7-12-5-2-1-3-6-12/h4,7-8,10-12H,1-3,5-6,9H2/b7-4+. The van der Waals surface area contributed by atoms with Gasteiger partial charge in [0.05, 0.1) is 0 Å². The summed E-state index contributed by atoms with van der Waals surface area (Å²) < 4.78 is 1.87. The fourth-order valence-electron chi connectivity index (χ4n) is 2.29. The molecule has 2 rings (SSSR count). The Balaban J connectivity index is 1.86. The van der Waals surface area contributed by atoms with E-state index in [0.717, 1.165) is 18.7 Å². The number of hydrogen-bond donors (Lipinski definition) is 0. The van der Waals surface area contributed by atoms with E-state index in [2.05, 4.69) is 17.1 Å². The van der Waals surface area contributed by atoms with Crippen LogP contribution in [0.4, 0.5) is 0 Å². The van der Waals surface area contributed by atoms with E-state index in [-0.39, 0.29) is 0 Å². The first-order valence-electron chi connectivity index (χ1n) is 6.03. The van der Waals surface area contributed by atoms with Crippen molar-refractivity contribution in [3.8, 4) is 0 Å². The Morgan fingerprint density at radius 1 is 1.38 bits per heavy atom. The van der Waals surface area contributed by atoms with Crippen LogP contribution in [-0.2, 0) is 6.54 Å². The normalized spacial score (nSPS) is 18.0. The van der Waals surface area contributed by atoms with Crippen LogP contribution in [0.15, 0.2) is 24.5 Å². The summed E-state index contributed by atoms with van der Waals surface area (Å²) in [6.07, 6.45) is 15.5. The van der Waals surface area contributed by atoms with Crippen LogP contribution in [0.2, 0.25) is 0 Å². The minimum atomic E-state index is 0.508. The molecule has 0 unspecified atom stereocenters. The average Bonchev–Trinajstić information content (AvgIpc) is 2.78. The van der Waals surface area contributed by atoms with E-state index in [4.69, 9.17) is 0 Å². The van der Waals surface area contributed by atoms with Crippen molar-refractivity contribution >= 4 is 6.29 Å². The van der Waals surface area contributed by atoms with Gasteiger partial charge in [0.1, 0.15) is 0 Å². The number of nitrogens with zero attached hydrogens (tertiary/aromatic N) is 2. The second-order valence-corrected chi connectivity index (χ2v) is 4.38. The molecule has 16 heavy (non-hydrogen) atoms. The smallest absolute Gasteiger partial charge is 0.185 e. The van der Waals surface area contributed by atoms with Crippen LogP contribution >= 0.6 is 0 Å². The Hall–Kier alpha value is -1.38. The fourth-order valence-corrected chi connectivity index (χ4v) is 2.29. The molecular weight excluding hydrogens is 200 g/mol. The summed E-state index contributed by atoms with van der Waals surface area (Å²) in [6.45, 7) is 0.755. The number of carbonyl (C=O) groups is 1. The minimum absolute atomic E-state index is 0.508. The third kappa shape index (κ3) is 2.81. The number of aldehydes is 1. The van der Waals surface area contributed by atoms with Crippen molar-refractivity contribution in [2.45, 2.75) is 38.6 Å². The Kier molecular flexibility index (Phi) is 3.91. The molecule has 0 atom stereocenters. The Labute approximate surface area is 96.2 Å². The van der Waals surface area contributed by atoms with Gasteiger partial charge in [-0.2, -0.15) is 0 Å². The highest BCUT2D eigenvalue weighted by atomic mass is 16.1. The third-order valence-corrected chi connectivity index (χ3v) is 3.21. The first-order chi connectivity index (χ1) is 7.90. The summed E-state index contributed by atoms with van der Waals surface area (Å²) >= 11 is 0. The molecule has 0 aliphatic heterocycles. The van der Waals surface area contributed by atoms with Crippen LogP contribution < -0.4 is 0 Å². The molecule has 0 N–H and O–H groups in total. The first kappa shape index (κ1) is 11.1. The van der Waals surface area contributed by atoms with Gasteiger partial charge in [-0.1, -0.05) is 31.4 Å². The highest BCUT2D eigenvalue weighted by Gasteiger charge is 2.09. The highest BCUT2D eigenvalue weighted by Crippen LogP contribution is 2.24. The second kappa shape index (κ2) is 5.64. The first-order valence-corrected chi connectivity index (χ1v) is 6.03. The molecule has 1 aromatic rings. The number of aromatic nitrogens is 2. The Bertz CT molecular complexity index is 362. The zero-order chi connectivity index (χ0) is 11.2.